The Morgan fingerprint density at radius 3 is 2.69 bits per heavy atom. The van der Waals surface area contributed by atoms with E-state index in [1.807, 2.05) is 0 Å². The third-order valence-corrected chi connectivity index (χ3v) is 2.54. The van der Waals surface area contributed by atoms with Gasteiger partial charge in [0.15, 0.2) is 0 Å². The number of benzene rings is 1. The average molecular weight is 220 g/mol. The number of carboxylic acid groups (broad SMARTS) is 1. The van der Waals surface area contributed by atoms with Crippen LogP contribution in [0.2, 0.25) is 0 Å². The number of aliphatic carboxylic acids is 1. The van der Waals surface area contributed by atoms with Gasteiger partial charge in [0.05, 0.1) is 0 Å². The molecular weight excluding hydrogens is 210 g/mol. The summed E-state index contributed by atoms with van der Waals surface area (Å²) in [5.41, 5.74) is 0.453. The van der Waals surface area contributed by atoms with Crippen molar-refractivity contribution in [3.63, 3.8) is 0 Å². The van der Waals surface area contributed by atoms with Crippen molar-refractivity contribution >= 4 is 17.6 Å². The number of carboxylic acids is 1. The summed E-state index contributed by atoms with van der Waals surface area (Å²) >= 11 is 0. The Hall–Kier alpha value is -2.04. The molecule has 1 saturated carbocycles. The van der Waals surface area contributed by atoms with Crippen molar-refractivity contribution in [1.29, 1.82) is 0 Å². The first kappa shape index (κ1) is 10.5. The number of carbonyl (C=O) groups excluding carboxylic acids is 2. The number of rotatable bonds is 3. The molecular formula is C11H10NO4-. The van der Waals surface area contributed by atoms with E-state index in [-0.39, 0.29) is 11.7 Å². The zero-order chi connectivity index (χ0) is 11.7. The molecule has 0 radical (unpaired) electrons. The molecule has 84 valence electrons. The van der Waals surface area contributed by atoms with E-state index in [0.29, 0.717) is 12.1 Å². The van der Waals surface area contributed by atoms with E-state index in [1.54, 1.807) is 12.1 Å². The van der Waals surface area contributed by atoms with Gasteiger partial charge >= 0.3 is 0 Å². The van der Waals surface area contributed by atoms with E-state index >= 15 is 0 Å². The van der Waals surface area contributed by atoms with Crippen LogP contribution in [-0.2, 0) is 9.59 Å². The van der Waals surface area contributed by atoms with Crippen molar-refractivity contribution in [3.8, 4) is 5.75 Å². The molecule has 0 heterocycles. The van der Waals surface area contributed by atoms with E-state index in [0.717, 1.165) is 0 Å². The van der Waals surface area contributed by atoms with Crippen LogP contribution in [0.4, 0.5) is 5.69 Å². The fourth-order valence-corrected chi connectivity index (χ4v) is 1.56. The number of hydrogen-bond acceptors (Lipinski definition) is 4. The summed E-state index contributed by atoms with van der Waals surface area (Å²) in [7, 11) is 0. The van der Waals surface area contributed by atoms with Crippen LogP contribution in [0.1, 0.15) is 6.42 Å². The highest BCUT2D eigenvalue weighted by Crippen LogP contribution is 2.38. The van der Waals surface area contributed by atoms with Crippen LogP contribution >= 0.6 is 0 Å². The van der Waals surface area contributed by atoms with Crippen LogP contribution in [0, 0.1) is 11.8 Å². The SMILES string of the molecule is O=C([O-])[C@H]1C[C@H]1C(=O)Nc1cccc(O)c1. The fourth-order valence-electron chi connectivity index (χ4n) is 1.56. The van der Waals surface area contributed by atoms with Gasteiger partial charge in [-0.1, -0.05) is 6.07 Å². The number of phenolic OH excluding ortho intramolecular Hbond substituents is 1. The van der Waals surface area contributed by atoms with E-state index < -0.39 is 17.8 Å². The van der Waals surface area contributed by atoms with Gasteiger partial charge in [-0.3, -0.25) is 4.79 Å². The van der Waals surface area contributed by atoms with Gasteiger partial charge < -0.3 is 20.3 Å². The second-order valence-corrected chi connectivity index (χ2v) is 3.81. The predicted molar refractivity (Wildman–Crippen MR) is 53.3 cm³/mol. The Morgan fingerprint density at radius 1 is 1.38 bits per heavy atom. The quantitative estimate of drug-likeness (QED) is 0.732. The zero-order valence-electron chi connectivity index (χ0n) is 8.34. The molecule has 2 N–H and O–H groups in total. The molecule has 0 spiro atoms. The highest BCUT2D eigenvalue weighted by atomic mass is 16.4. The Morgan fingerprint density at radius 2 is 2.12 bits per heavy atom. The minimum absolute atomic E-state index is 0.0463. The zero-order valence-corrected chi connectivity index (χ0v) is 8.34. The minimum atomic E-state index is -1.18. The molecule has 5 heteroatoms. The van der Waals surface area contributed by atoms with E-state index in [4.69, 9.17) is 5.11 Å². The molecule has 1 amide bonds. The monoisotopic (exact) mass is 220 g/mol. The first-order valence-electron chi connectivity index (χ1n) is 4.88. The van der Waals surface area contributed by atoms with Crippen LogP contribution in [0.5, 0.6) is 5.75 Å². The van der Waals surface area contributed by atoms with Gasteiger partial charge in [-0.2, -0.15) is 0 Å². The van der Waals surface area contributed by atoms with Gasteiger partial charge in [0.25, 0.3) is 0 Å². The Kier molecular flexibility index (Phi) is 2.52. The predicted octanol–water partition coefficient (Wildman–Crippen LogP) is -0.283. The molecule has 5 nitrogen and oxygen atoms in total. The van der Waals surface area contributed by atoms with Crippen molar-refractivity contribution < 1.29 is 19.8 Å². The van der Waals surface area contributed by atoms with E-state index in [1.165, 1.54) is 12.1 Å². The fraction of sp³-hybridized carbons (Fsp3) is 0.273. The van der Waals surface area contributed by atoms with Gasteiger partial charge in [-0.25, -0.2) is 0 Å². The van der Waals surface area contributed by atoms with E-state index in [2.05, 4.69) is 5.32 Å². The minimum Gasteiger partial charge on any atom is -0.550 e. The van der Waals surface area contributed by atoms with Crippen LogP contribution in [-0.4, -0.2) is 17.0 Å². The van der Waals surface area contributed by atoms with Gasteiger partial charge in [-0.15, -0.1) is 0 Å². The summed E-state index contributed by atoms with van der Waals surface area (Å²) in [5, 5.41) is 22.2. The van der Waals surface area contributed by atoms with Gasteiger partial charge in [0, 0.05) is 29.6 Å². The van der Waals surface area contributed by atoms with Crippen LogP contribution in [0.3, 0.4) is 0 Å². The number of anilines is 1. The second kappa shape index (κ2) is 3.84. The van der Waals surface area contributed by atoms with Crippen molar-refractivity contribution in [2.24, 2.45) is 11.8 Å². The number of nitrogens with one attached hydrogen (secondary N) is 1. The molecule has 1 aromatic carbocycles. The third-order valence-electron chi connectivity index (χ3n) is 2.54. The first-order valence-corrected chi connectivity index (χ1v) is 4.88. The number of hydrogen-bond donors (Lipinski definition) is 2. The molecule has 0 unspecified atom stereocenters. The van der Waals surface area contributed by atoms with E-state index in [9.17, 15) is 14.7 Å². The van der Waals surface area contributed by atoms with Crippen molar-refractivity contribution in [3.05, 3.63) is 24.3 Å². The topological polar surface area (TPSA) is 89.5 Å². The standard InChI is InChI=1S/C11H11NO4/c13-7-3-1-2-6(4-7)12-10(14)8-5-9(8)11(15)16/h1-4,8-9,13H,5H2,(H,12,14)(H,15,16)/p-1/t8-,9+/m1/s1. The maximum absolute atomic E-state index is 11.5. The summed E-state index contributed by atoms with van der Waals surface area (Å²) in [5.74, 6) is -2.66. The molecule has 2 rings (SSSR count). The molecule has 1 fully saturated rings. The molecule has 0 aromatic heterocycles. The Bertz CT molecular complexity index is 443. The number of phenols is 1. The normalized spacial score (nSPS) is 22.5. The van der Waals surface area contributed by atoms with Crippen molar-refractivity contribution in [1.82, 2.24) is 0 Å². The lowest BCUT2D eigenvalue weighted by Crippen LogP contribution is -2.27. The van der Waals surface area contributed by atoms with Crippen molar-refractivity contribution in [2.75, 3.05) is 5.32 Å². The maximum Gasteiger partial charge on any atom is 0.228 e. The molecule has 0 aliphatic heterocycles. The van der Waals surface area contributed by atoms with Gasteiger partial charge in [-0.05, 0) is 18.6 Å². The highest BCUT2D eigenvalue weighted by molar-refractivity contribution is 5.98. The summed E-state index contributed by atoms with van der Waals surface area (Å²) in [6, 6.07) is 6.09. The highest BCUT2D eigenvalue weighted by Gasteiger charge is 2.43. The summed E-state index contributed by atoms with van der Waals surface area (Å²) in [4.78, 5) is 22.0. The number of amides is 1. The summed E-state index contributed by atoms with van der Waals surface area (Å²) in [6.07, 6.45) is 0.326. The molecule has 1 aliphatic rings. The Labute approximate surface area is 91.7 Å². The van der Waals surface area contributed by atoms with Crippen molar-refractivity contribution in [2.45, 2.75) is 6.42 Å². The Balaban J connectivity index is 1.96. The average Bonchev–Trinajstić information content (AvgIpc) is 2.96. The molecule has 1 aliphatic carbocycles. The largest absolute Gasteiger partial charge is 0.550 e. The summed E-state index contributed by atoms with van der Waals surface area (Å²) < 4.78 is 0. The molecule has 0 saturated heterocycles. The molecule has 1 aromatic rings. The van der Waals surface area contributed by atoms with Gasteiger partial charge in [0.2, 0.25) is 5.91 Å². The number of aromatic hydroxyl groups is 1. The smallest absolute Gasteiger partial charge is 0.228 e. The lowest BCUT2D eigenvalue weighted by Gasteiger charge is -2.05. The molecule has 16 heavy (non-hydrogen) atoms. The first-order chi connectivity index (χ1) is 7.58. The lowest BCUT2D eigenvalue weighted by atomic mass is 10.2. The van der Waals surface area contributed by atoms with Crippen LogP contribution in [0.25, 0.3) is 0 Å². The van der Waals surface area contributed by atoms with Crippen LogP contribution < -0.4 is 10.4 Å². The molecule has 0 bridgehead atoms. The lowest BCUT2D eigenvalue weighted by molar-refractivity contribution is -0.308. The second-order valence-electron chi connectivity index (χ2n) is 3.81. The van der Waals surface area contributed by atoms with Crippen LogP contribution in [0.15, 0.2) is 24.3 Å². The number of carbonyl (C=O) groups is 2. The van der Waals surface area contributed by atoms with Gasteiger partial charge in [0.1, 0.15) is 5.75 Å². The maximum atomic E-state index is 11.5. The third kappa shape index (κ3) is 2.13. The molecule has 2 atom stereocenters. The summed E-state index contributed by atoms with van der Waals surface area (Å²) in [6.45, 7) is 0.